The van der Waals surface area contributed by atoms with Gasteiger partial charge in [-0.1, -0.05) is 62.7 Å². The van der Waals surface area contributed by atoms with Crippen LogP contribution in [0.25, 0.3) is 0 Å². The number of hydrogen-bond donors (Lipinski definition) is 1. The molecule has 1 N–H and O–H groups in total. The predicted octanol–water partition coefficient (Wildman–Crippen LogP) is 5.56. The average molecular weight is 588 g/mol. The normalized spacial score (nSPS) is 12.2. The number of hydrogen-bond acceptors (Lipinski definition) is 4. The van der Waals surface area contributed by atoms with Gasteiger partial charge in [-0.2, -0.15) is 0 Å². The van der Waals surface area contributed by atoms with E-state index in [1.807, 2.05) is 13.8 Å². The van der Waals surface area contributed by atoms with Crippen LogP contribution in [0.2, 0.25) is 5.02 Å². The molecule has 0 fully saturated rings. The summed E-state index contributed by atoms with van der Waals surface area (Å²) in [5.41, 5.74) is 1.59. The summed E-state index contributed by atoms with van der Waals surface area (Å²) in [5, 5.41) is 3.26. The topological polar surface area (TPSA) is 86.8 Å². The molecular weight excluding hydrogens is 553 g/mol. The molecule has 0 spiro atoms. The van der Waals surface area contributed by atoms with E-state index in [0.29, 0.717) is 34.8 Å². The molecule has 0 aliphatic rings. The van der Waals surface area contributed by atoms with Crippen molar-refractivity contribution in [2.75, 3.05) is 17.4 Å². The predicted molar refractivity (Wildman–Crippen MR) is 156 cm³/mol. The molecule has 0 bridgehead atoms. The van der Waals surface area contributed by atoms with Crippen molar-refractivity contribution in [1.29, 1.82) is 0 Å². The van der Waals surface area contributed by atoms with Crippen LogP contribution < -0.4 is 9.62 Å². The number of carbonyl (C=O) groups excluding carboxylic acids is 2. The van der Waals surface area contributed by atoms with Gasteiger partial charge in [-0.15, -0.1) is 0 Å². The number of para-hydroxylation sites is 1. The lowest BCUT2D eigenvalue weighted by molar-refractivity contribution is -0.140. The van der Waals surface area contributed by atoms with E-state index in [4.69, 9.17) is 11.6 Å². The first-order valence-corrected chi connectivity index (χ1v) is 14.9. The Morgan fingerprint density at radius 3 is 2.17 bits per heavy atom. The Kier molecular flexibility index (Phi) is 10.7. The van der Waals surface area contributed by atoms with E-state index in [2.05, 4.69) is 5.32 Å². The van der Waals surface area contributed by atoms with Crippen LogP contribution in [0.4, 0.5) is 10.1 Å². The fourth-order valence-electron chi connectivity index (χ4n) is 4.22. The van der Waals surface area contributed by atoms with Gasteiger partial charge in [0.05, 0.1) is 10.6 Å². The maximum absolute atomic E-state index is 14.0. The Morgan fingerprint density at radius 2 is 1.60 bits per heavy atom. The molecular formula is C30H35ClFN3O4S. The number of nitrogens with one attached hydrogen (secondary N) is 1. The molecule has 3 rings (SSSR count). The molecule has 214 valence electrons. The number of benzene rings is 3. The third-order valence-electron chi connectivity index (χ3n) is 6.40. The number of halogens is 2. The average Bonchev–Trinajstić information content (AvgIpc) is 2.92. The molecule has 0 saturated heterocycles. The molecule has 0 aromatic heterocycles. The number of aryl methyl sites for hydroxylation is 1. The van der Waals surface area contributed by atoms with E-state index < -0.39 is 34.3 Å². The van der Waals surface area contributed by atoms with Crippen molar-refractivity contribution in [3.05, 3.63) is 94.8 Å². The Bertz CT molecular complexity index is 1410. The Balaban J connectivity index is 2.05. The van der Waals surface area contributed by atoms with Crippen LogP contribution in [-0.2, 0) is 26.2 Å². The molecule has 0 aliphatic heterocycles. The summed E-state index contributed by atoms with van der Waals surface area (Å²) in [6.45, 7) is 7.34. The number of carbonyl (C=O) groups is 2. The van der Waals surface area contributed by atoms with Gasteiger partial charge in [-0.25, -0.2) is 12.8 Å². The molecule has 0 unspecified atom stereocenters. The van der Waals surface area contributed by atoms with Crippen molar-refractivity contribution < 1.29 is 22.4 Å². The Labute approximate surface area is 241 Å². The first-order valence-electron chi connectivity index (χ1n) is 13.1. The Hall–Kier alpha value is -3.43. The van der Waals surface area contributed by atoms with Crippen molar-refractivity contribution in [3.8, 4) is 0 Å². The summed E-state index contributed by atoms with van der Waals surface area (Å²) in [6, 6.07) is 17.4. The molecule has 1 atom stereocenters. The zero-order chi connectivity index (χ0) is 29.4. The summed E-state index contributed by atoms with van der Waals surface area (Å²) in [7, 11) is -4.20. The highest BCUT2D eigenvalue weighted by atomic mass is 35.5. The summed E-state index contributed by atoms with van der Waals surface area (Å²) < 4.78 is 42.4. The third kappa shape index (κ3) is 7.82. The van der Waals surface area contributed by atoms with E-state index in [1.54, 1.807) is 38.1 Å². The SMILES string of the molecule is CC[C@H](C(=O)NCC(C)C)N(Cc1ccc(F)cc1)C(=O)CN(c1ccccc1C)S(=O)(=O)c1ccc(Cl)cc1. The van der Waals surface area contributed by atoms with Crippen LogP contribution in [-0.4, -0.2) is 44.3 Å². The molecule has 10 heteroatoms. The number of anilines is 1. The lowest BCUT2D eigenvalue weighted by atomic mass is 10.1. The molecule has 3 aromatic rings. The van der Waals surface area contributed by atoms with Crippen molar-refractivity contribution in [3.63, 3.8) is 0 Å². The van der Waals surface area contributed by atoms with Crippen molar-refractivity contribution in [1.82, 2.24) is 10.2 Å². The smallest absolute Gasteiger partial charge is 0.264 e. The van der Waals surface area contributed by atoms with Gasteiger partial charge >= 0.3 is 0 Å². The van der Waals surface area contributed by atoms with Gasteiger partial charge in [0.2, 0.25) is 11.8 Å². The van der Waals surface area contributed by atoms with Crippen molar-refractivity contribution >= 4 is 39.1 Å². The van der Waals surface area contributed by atoms with Crippen LogP contribution in [0.3, 0.4) is 0 Å². The quantitative estimate of drug-likeness (QED) is 0.300. The van der Waals surface area contributed by atoms with Gasteiger partial charge in [0, 0.05) is 18.1 Å². The molecule has 7 nitrogen and oxygen atoms in total. The first-order chi connectivity index (χ1) is 18.9. The molecule has 0 heterocycles. The van der Waals surface area contributed by atoms with Gasteiger partial charge in [-0.3, -0.25) is 13.9 Å². The van der Waals surface area contributed by atoms with E-state index in [1.165, 1.54) is 53.4 Å². The maximum atomic E-state index is 14.0. The zero-order valence-electron chi connectivity index (χ0n) is 23.1. The van der Waals surface area contributed by atoms with E-state index in [0.717, 1.165) is 4.31 Å². The minimum absolute atomic E-state index is 0.00464. The van der Waals surface area contributed by atoms with Crippen LogP contribution in [0.15, 0.2) is 77.7 Å². The zero-order valence-corrected chi connectivity index (χ0v) is 24.7. The van der Waals surface area contributed by atoms with E-state index in [-0.39, 0.29) is 23.3 Å². The van der Waals surface area contributed by atoms with E-state index in [9.17, 15) is 22.4 Å². The number of rotatable bonds is 12. The summed E-state index contributed by atoms with van der Waals surface area (Å²) >= 11 is 5.99. The van der Waals surface area contributed by atoms with Gasteiger partial charge in [0.1, 0.15) is 18.4 Å². The minimum Gasteiger partial charge on any atom is -0.354 e. The molecule has 3 aromatic carbocycles. The molecule has 0 saturated carbocycles. The first kappa shape index (κ1) is 31.1. The fraction of sp³-hybridized carbons (Fsp3) is 0.333. The summed E-state index contributed by atoms with van der Waals surface area (Å²) in [4.78, 5) is 28.6. The van der Waals surface area contributed by atoms with Crippen LogP contribution in [0.1, 0.15) is 38.3 Å². The van der Waals surface area contributed by atoms with Gasteiger partial charge in [0.15, 0.2) is 0 Å². The fourth-order valence-corrected chi connectivity index (χ4v) is 5.82. The van der Waals surface area contributed by atoms with E-state index >= 15 is 0 Å². The van der Waals surface area contributed by atoms with Gasteiger partial charge in [0.25, 0.3) is 10.0 Å². The second-order valence-electron chi connectivity index (χ2n) is 9.96. The minimum atomic E-state index is -4.20. The molecule has 2 amide bonds. The van der Waals surface area contributed by atoms with Crippen molar-refractivity contribution in [2.45, 2.75) is 51.6 Å². The molecule has 0 radical (unpaired) electrons. The standard InChI is InChI=1S/C30H35ClFN3O4S/c1-5-27(30(37)33-18-21(2)3)34(19-23-10-14-25(32)15-11-23)29(36)20-35(28-9-7-6-8-22(28)4)40(38,39)26-16-12-24(31)13-17-26/h6-17,21,27H,5,18-20H2,1-4H3,(H,33,37)/t27-/m1/s1. The highest BCUT2D eigenvalue weighted by Gasteiger charge is 2.34. The highest BCUT2D eigenvalue weighted by molar-refractivity contribution is 7.92. The highest BCUT2D eigenvalue weighted by Crippen LogP contribution is 2.28. The van der Waals surface area contributed by atoms with Gasteiger partial charge < -0.3 is 10.2 Å². The largest absolute Gasteiger partial charge is 0.354 e. The second kappa shape index (κ2) is 13.8. The number of sulfonamides is 1. The third-order valence-corrected chi connectivity index (χ3v) is 8.43. The maximum Gasteiger partial charge on any atom is 0.264 e. The summed E-state index contributed by atoms with van der Waals surface area (Å²) in [5.74, 6) is -1.14. The molecule has 40 heavy (non-hydrogen) atoms. The van der Waals surface area contributed by atoms with Crippen molar-refractivity contribution in [2.24, 2.45) is 5.92 Å². The lowest BCUT2D eigenvalue weighted by Gasteiger charge is -2.33. The van der Waals surface area contributed by atoms with Crippen LogP contribution >= 0.6 is 11.6 Å². The number of nitrogens with zero attached hydrogens (tertiary/aromatic N) is 2. The molecule has 0 aliphatic carbocycles. The number of amides is 2. The summed E-state index contributed by atoms with van der Waals surface area (Å²) in [6.07, 6.45) is 0.297. The lowest BCUT2D eigenvalue weighted by Crippen LogP contribution is -2.52. The monoisotopic (exact) mass is 587 g/mol. The van der Waals surface area contributed by atoms with Crippen LogP contribution in [0.5, 0.6) is 0 Å². The Morgan fingerprint density at radius 1 is 0.975 bits per heavy atom. The second-order valence-corrected chi connectivity index (χ2v) is 12.3. The van der Waals surface area contributed by atoms with Crippen LogP contribution in [0, 0.1) is 18.7 Å². The van der Waals surface area contributed by atoms with Gasteiger partial charge in [-0.05, 0) is 72.9 Å².